The zero-order valence-electron chi connectivity index (χ0n) is 13.1. The first-order valence-electron chi connectivity index (χ1n) is 8.38. The van der Waals surface area contributed by atoms with E-state index in [9.17, 15) is 5.11 Å². The molecule has 1 aromatic rings. The third-order valence-electron chi connectivity index (χ3n) is 4.99. The van der Waals surface area contributed by atoms with E-state index in [-0.39, 0.29) is 6.10 Å². The van der Waals surface area contributed by atoms with E-state index >= 15 is 0 Å². The first kappa shape index (κ1) is 14.9. The Hall–Kier alpha value is -1.06. The fourth-order valence-electron chi connectivity index (χ4n) is 3.85. The van der Waals surface area contributed by atoms with Gasteiger partial charge >= 0.3 is 0 Å². The minimum Gasteiger partial charge on any atom is -0.496 e. The summed E-state index contributed by atoms with van der Waals surface area (Å²) in [5, 5.41) is 10.7. The largest absolute Gasteiger partial charge is 0.496 e. The van der Waals surface area contributed by atoms with Crippen molar-refractivity contribution in [1.82, 2.24) is 4.90 Å². The number of aliphatic hydroxyl groups is 1. The minimum absolute atomic E-state index is 0.360. The lowest BCUT2D eigenvalue weighted by Gasteiger charge is -2.30. The second-order valence-electron chi connectivity index (χ2n) is 6.40. The van der Waals surface area contributed by atoms with Crippen molar-refractivity contribution in [3.63, 3.8) is 0 Å². The van der Waals surface area contributed by atoms with E-state index < -0.39 is 0 Å². The fourth-order valence-corrected chi connectivity index (χ4v) is 3.85. The van der Waals surface area contributed by atoms with E-state index in [0.29, 0.717) is 0 Å². The summed E-state index contributed by atoms with van der Waals surface area (Å²) in [4.78, 5) is 2.41. The summed E-state index contributed by atoms with van der Waals surface area (Å²) >= 11 is 0. The fraction of sp³-hybridized carbons (Fsp3) is 0.667. The van der Waals surface area contributed by atoms with Crippen molar-refractivity contribution in [2.75, 3.05) is 26.7 Å². The Balaban J connectivity index is 1.80. The van der Waals surface area contributed by atoms with E-state index in [2.05, 4.69) is 11.0 Å². The van der Waals surface area contributed by atoms with Crippen LogP contribution >= 0.6 is 0 Å². The van der Waals surface area contributed by atoms with Crippen molar-refractivity contribution in [3.8, 4) is 5.75 Å². The zero-order valence-corrected chi connectivity index (χ0v) is 13.1. The normalized spacial score (nSPS) is 20.9. The van der Waals surface area contributed by atoms with Crippen LogP contribution in [0.4, 0.5) is 0 Å². The summed E-state index contributed by atoms with van der Waals surface area (Å²) in [6.07, 6.45) is 8.15. The van der Waals surface area contributed by atoms with Crippen LogP contribution in [-0.2, 0) is 12.8 Å². The molecule has 1 aliphatic heterocycles. The van der Waals surface area contributed by atoms with Crippen molar-refractivity contribution in [2.24, 2.45) is 0 Å². The summed E-state index contributed by atoms with van der Waals surface area (Å²) < 4.78 is 5.51. The van der Waals surface area contributed by atoms with Gasteiger partial charge in [-0.25, -0.2) is 0 Å². The second kappa shape index (κ2) is 6.80. The topological polar surface area (TPSA) is 32.7 Å². The number of hydrogen-bond donors (Lipinski definition) is 1. The Labute approximate surface area is 127 Å². The number of β-amino-alcohol motifs (C(OH)–C–C–N with tert-alkyl or cyclic N) is 1. The van der Waals surface area contributed by atoms with E-state index in [1.165, 1.54) is 43.2 Å². The minimum atomic E-state index is -0.360. The Morgan fingerprint density at radius 2 is 1.76 bits per heavy atom. The lowest BCUT2D eigenvalue weighted by molar-refractivity contribution is 0.101. The predicted octanol–water partition coefficient (Wildman–Crippen LogP) is 3.09. The molecule has 1 fully saturated rings. The van der Waals surface area contributed by atoms with Crippen LogP contribution < -0.4 is 4.74 Å². The van der Waals surface area contributed by atoms with Gasteiger partial charge in [0.05, 0.1) is 13.2 Å². The van der Waals surface area contributed by atoms with Crippen LogP contribution in [-0.4, -0.2) is 36.8 Å². The molecule has 1 heterocycles. The van der Waals surface area contributed by atoms with Crippen LogP contribution in [0.5, 0.6) is 5.75 Å². The molecule has 1 aliphatic carbocycles. The van der Waals surface area contributed by atoms with Crippen LogP contribution in [0.15, 0.2) is 12.1 Å². The van der Waals surface area contributed by atoms with Gasteiger partial charge in [-0.05, 0) is 74.4 Å². The van der Waals surface area contributed by atoms with Gasteiger partial charge < -0.3 is 14.7 Å². The lowest BCUT2D eigenvalue weighted by Crippen LogP contribution is -2.33. The molecule has 0 spiro atoms. The number of ether oxygens (including phenoxy) is 1. The molecule has 1 aromatic carbocycles. The van der Waals surface area contributed by atoms with E-state index in [0.717, 1.165) is 43.8 Å². The molecular formula is C18H27NO2. The van der Waals surface area contributed by atoms with Crippen LogP contribution in [0.3, 0.4) is 0 Å². The Morgan fingerprint density at radius 1 is 1.05 bits per heavy atom. The van der Waals surface area contributed by atoms with Crippen LogP contribution in [0.1, 0.15) is 54.9 Å². The van der Waals surface area contributed by atoms with E-state index in [1.54, 1.807) is 7.11 Å². The zero-order chi connectivity index (χ0) is 14.7. The van der Waals surface area contributed by atoms with Gasteiger partial charge in [0.1, 0.15) is 5.75 Å². The molecule has 0 aromatic heterocycles. The lowest BCUT2D eigenvalue weighted by atomic mass is 9.85. The standard InChI is InChI=1S/C18H27NO2/c1-21-18-10-9-15(14-7-3-4-8-16(14)18)17(20)13-19-11-5-2-6-12-19/h9-10,17,20H,2-8,11-13H2,1H3. The van der Waals surface area contributed by atoms with E-state index in [1.807, 2.05) is 6.07 Å². The van der Waals surface area contributed by atoms with Crippen LogP contribution in [0, 0.1) is 0 Å². The van der Waals surface area contributed by atoms with Gasteiger partial charge in [-0.3, -0.25) is 0 Å². The number of methoxy groups -OCH3 is 1. The van der Waals surface area contributed by atoms with Gasteiger partial charge in [0.2, 0.25) is 0 Å². The van der Waals surface area contributed by atoms with Crippen molar-refractivity contribution < 1.29 is 9.84 Å². The number of hydrogen-bond acceptors (Lipinski definition) is 3. The number of aliphatic hydroxyl groups excluding tert-OH is 1. The number of rotatable bonds is 4. The number of benzene rings is 1. The summed E-state index contributed by atoms with van der Waals surface area (Å²) in [5.41, 5.74) is 3.82. The molecule has 2 aliphatic rings. The average Bonchev–Trinajstić information content (AvgIpc) is 2.54. The van der Waals surface area contributed by atoms with E-state index in [4.69, 9.17) is 4.74 Å². The summed E-state index contributed by atoms with van der Waals surface area (Å²) in [7, 11) is 1.74. The molecule has 1 saturated heterocycles. The molecule has 3 rings (SSSR count). The van der Waals surface area contributed by atoms with Gasteiger partial charge in [0.25, 0.3) is 0 Å². The van der Waals surface area contributed by atoms with Crippen molar-refractivity contribution >= 4 is 0 Å². The quantitative estimate of drug-likeness (QED) is 0.924. The van der Waals surface area contributed by atoms with Crippen LogP contribution in [0.25, 0.3) is 0 Å². The molecule has 3 nitrogen and oxygen atoms in total. The Bertz CT molecular complexity index is 480. The molecule has 0 radical (unpaired) electrons. The first-order valence-corrected chi connectivity index (χ1v) is 8.38. The van der Waals surface area contributed by atoms with Crippen molar-refractivity contribution in [2.45, 2.75) is 51.0 Å². The molecule has 0 saturated carbocycles. The Morgan fingerprint density at radius 3 is 2.48 bits per heavy atom. The highest BCUT2D eigenvalue weighted by atomic mass is 16.5. The van der Waals surface area contributed by atoms with Gasteiger partial charge in [-0.2, -0.15) is 0 Å². The average molecular weight is 289 g/mol. The predicted molar refractivity (Wildman–Crippen MR) is 84.9 cm³/mol. The monoisotopic (exact) mass is 289 g/mol. The van der Waals surface area contributed by atoms with Crippen molar-refractivity contribution in [3.05, 3.63) is 28.8 Å². The second-order valence-corrected chi connectivity index (χ2v) is 6.40. The number of likely N-dealkylation sites (tertiary alicyclic amines) is 1. The number of piperidine rings is 1. The first-order chi connectivity index (χ1) is 10.3. The highest BCUT2D eigenvalue weighted by molar-refractivity contribution is 5.47. The summed E-state index contributed by atoms with van der Waals surface area (Å²) in [6.45, 7) is 3.05. The maximum Gasteiger partial charge on any atom is 0.122 e. The third kappa shape index (κ3) is 3.24. The molecule has 0 amide bonds. The maximum absolute atomic E-state index is 10.7. The summed E-state index contributed by atoms with van der Waals surface area (Å²) in [6, 6.07) is 4.12. The maximum atomic E-state index is 10.7. The third-order valence-corrected chi connectivity index (χ3v) is 4.99. The molecule has 116 valence electrons. The highest BCUT2D eigenvalue weighted by Gasteiger charge is 2.23. The van der Waals surface area contributed by atoms with Gasteiger partial charge in [0.15, 0.2) is 0 Å². The number of nitrogens with zero attached hydrogens (tertiary/aromatic N) is 1. The number of fused-ring (bicyclic) bond motifs is 1. The molecule has 1 atom stereocenters. The SMILES string of the molecule is COc1ccc(C(O)CN2CCCCC2)c2c1CCCC2. The summed E-state index contributed by atoms with van der Waals surface area (Å²) in [5.74, 6) is 0.999. The van der Waals surface area contributed by atoms with Gasteiger partial charge in [0, 0.05) is 6.54 Å². The highest BCUT2D eigenvalue weighted by Crippen LogP contribution is 2.35. The van der Waals surface area contributed by atoms with Gasteiger partial charge in [-0.15, -0.1) is 0 Å². The molecule has 1 N–H and O–H groups in total. The smallest absolute Gasteiger partial charge is 0.122 e. The molecule has 3 heteroatoms. The molecular weight excluding hydrogens is 262 g/mol. The van der Waals surface area contributed by atoms with Crippen molar-refractivity contribution in [1.29, 1.82) is 0 Å². The molecule has 1 unspecified atom stereocenters. The molecule has 21 heavy (non-hydrogen) atoms. The molecule has 0 bridgehead atoms. The van der Waals surface area contributed by atoms with Crippen LogP contribution in [0.2, 0.25) is 0 Å². The Kier molecular flexibility index (Phi) is 4.81. The van der Waals surface area contributed by atoms with Gasteiger partial charge in [-0.1, -0.05) is 12.5 Å².